The molecule has 210 valence electrons. The summed E-state index contributed by atoms with van der Waals surface area (Å²) in [5.74, 6) is -2.31. The van der Waals surface area contributed by atoms with Crippen LogP contribution >= 0.6 is 0 Å². The van der Waals surface area contributed by atoms with Gasteiger partial charge in [-0.3, -0.25) is 19.2 Å². The van der Waals surface area contributed by atoms with Crippen LogP contribution in [-0.4, -0.2) is 69.6 Å². The summed E-state index contributed by atoms with van der Waals surface area (Å²) >= 11 is 0. The van der Waals surface area contributed by atoms with E-state index in [0.29, 0.717) is 31.1 Å². The van der Waals surface area contributed by atoms with Gasteiger partial charge in [0.1, 0.15) is 11.6 Å². The second kappa shape index (κ2) is 10.5. The maximum Gasteiger partial charge on any atom is 0.328 e. The fraction of sp³-hybridized carbons (Fsp3) is 0.750. The van der Waals surface area contributed by atoms with Gasteiger partial charge in [0.05, 0.1) is 13.0 Å². The first-order chi connectivity index (χ1) is 17.9. The highest BCUT2D eigenvalue weighted by Crippen LogP contribution is 2.67. The lowest BCUT2D eigenvalue weighted by molar-refractivity contribution is -0.170. The first-order valence-corrected chi connectivity index (χ1v) is 13.6. The van der Waals surface area contributed by atoms with E-state index in [2.05, 4.69) is 12.2 Å². The minimum Gasteiger partial charge on any atom is -0.480 e. The number of allylic oxidation sites excluding steroid dienone is 1. The molecule has 4 aliphatic carbocycles. The van der Waals surface area contributed by atoms with Gasteiger partial charge < -0.3 is 25.4 Å². The number of ether oxygens (including phenoxy) is 1. The number of aliphatic hydroxyl groups is 2. The second-order valence-electron chi connectivity index (χ2n) is 12.0. The summed E-state index contributed by atoms with van der Waals surface area (Å²) in [7, 11) is 0. The average Bonchev–Trinajstić information content (AvgIpc) is 3.16. The van der Waals surface area contributed by atoms with Gasteiger partial charge in [0.25, 0.3) is 0 Å². The summed E-state index contributed by atoms with van der Waals surface area (Å²) in [6.45, 7) is 2.90. The van der Waals surface area contributed by atoms with E-state index in [1.165, 1.54) is 5.57 Å². The molecule has 0 saturated heterocycles. The van der Waals surface area contributed by atoms with Gasteiger partial charge in [0.15, 0.2) is 12.4 Å². The minimum absolute atomic E-state index is 0.00759. The minimum atomic E-state index is -1.60. The molecular weight excluding hydrogens is 494 g/mol. The number of hydrogen-bond donors (Lipinski definition) is 4. The molecule has 0 radical (unpaired) electrons. The number of aliphatic carboxylic acids is 1. The number of hydrogen-bond acceptors (Lipinski definition) is 8. The molecule has 38 heavy (non-hydrogen) atoms. The van der Waals surface area contributed by atoms with Crippen molar-refractivity contribution in [3.63, 3.8) is 0 Å². The Morgan fingerprint density at radius 1 is 1.05 bits per heavy atom. The van der Waals surface area contributed by atoms with Crippen molar-refractivity contribution in [3.8, 4) is 0 Å². The molecule has 1 amide bonds. The number of carbonyl (C=O) groups is 5. The number of carboxylic acid groups (broad SMARTS) is 1. The zero-order valence-electron chi connectivity index (χ0n) is 22.2. The standard InChI is InChI=1S/C28H39NO9/c1-26-10-7-17(31)13-16(26)3-4-18-19(26)8-11-27(2)20(18)9-12-28(27,37)22(32)15-38-24(34)6-5-23(33)29-21(14-30)25(35)36/h13,18-21,30,37H,3-12,14-15H2,1-2H3,(H,29,33)(H,35,36)/t18-,19+,20+,21?,26+,27+,28+/m1/s1. The van der Waals surface area contributed by atoms with Crippen molar-refractivity contribution in [2.45, 2.75) is 89.7 Å². The predicted octanol–water partition coefficient (Wildman–Crippen LogP) is 1.70. The summed E-state index contributed by atoms with van der Waals surface area (Å²) in [6.07, 6.45) is 6.97. The van der Waals surface area contributed by atoms with E-state index < -0.39 is 53.9 Å². The van der Waals surface area contributed by atoms with Crippen LogP contribution in [0, 0.1) is 28.6 Å². The highest BCUT2D eigenvalue weighted by atomic mass is 16.5. The summed E-state index contributed by atoms with van der Waals surface area (Å²) in [5, 5.41) is 31.6. The fourth-order valence-corrected chi connectivity index (χ4v) is 8.04. The molecule has 4 N–H and O–H groups in total. The van der Waals surface area contributed by atoms with Crippen LogP contribution in [0.5, 0.6) is 0 Å². The highest BCUT2D eigenvalue weighted by Gasteiger charge is 2.66. The second-order valence-corrected chi connectivity index (χ2v) is 12.0. The van der Waals surface area contributed by atoms with Gasteiger partial charge in [0.2, 0.25) is 11.7 Å². The monoisotopic (exact) mass is 533 g/mol. The molecule has 0 aromatic heterocycles. The van der Waals surface area contributed by atoms with Crippen LogP contribution in [0.2, 0.25) is 0 Å². The number of nitrogens with one attached hydrogen (secondary N) is 1. The van der Waals surface area contributed by atoms with Crippen molar-refractivity contribution in [3.05, 3.63) is 11.6 Å². The summed E-state index contributed by atoms with van der Waals surface area (Å²) in [4.78, 5) is 60.2. The van der Waals surface area contributed by atoms with E-state index in [1.54, 1.807) is 0 Å². The Balaban J connectivity index is 1.35. The van der Waals surface area contributed by atoms with Gasteiger partial charge in [-0.2, -0.15) is 0 Å². The van der Waals surface area contributed by atoms with Gasteiger partial charge in [-0.05, 0) is 74.2 Å². The number of esters is 1. The van der Waals surface area contributed by atoms with Gasteiger partial charge in [-0.1, -0.05) is 19.4 Å². The fourth-order valence-electron chi connectivity index (χ4n) is 8.04. The number of fused-ring (bicyclic) bond motifs is 5. The van der Waals surface area contributed by atoms with Crippen molar-refractivity contribution in [2.24, 2.45) is 28.6 Å². The number of carboxylic acids is 1. The molecule has 3 saturated carbocycles. The Kier molecular flexibility index (Phi) is 7.87. The smallest absolute Gasteiger partial charge is 0.328 e. The van der Waals surface area contributed by atoms with Gasteiger partial charge in [-0.15, -0.1) is 0 Å². The van der Waals surface area contributed by atoms with Crippen molar-refractivity contribution < 1.29 is 44.0 Å². The molecule has 0 aromatic carbocycles. The SMILES string of the molecule is C[C@]12CCC(=O)C=C1CC[C@@H]1[C@@H]2CC[C@@]2(C)[C@H]1CC[C@]2(O)C(=O)COC(=O)CCC(=O)NC(CO)C(=O)O. The first kappa shape index (κ1) is 28.4. The molecular formula is C28H39NO9. The van der Waals surface area contributed by atoms with Crippen molar-refractivity contribution in [1.29, 1.82) is 0 Å². The molecule has 0 spiro atoms. The molecule has 4 aliphatic rings. The lowest BCUT2D eigenvalue weighted by Gasteiger charge is -2.58. The zero-order chi connectivity index (χ0) is 27.9. The Bertz CT molecular complexity index is 1050. The number of aliphatic hydroxyl groups excluding tert-OH is 1. The highest BCUT2D eigenvalue weighted by molar-refractivity contribution is 5.92. The third-order valence-electron chi connectivity index (χ3n) is 10.3. The number of Topliss-reactive ketones (excluding diaryl/α,β-unsaturated/α-hetero) is 1. The molecule has 1 unspecified atom stereocenters. The molecule has 0 aliphatic heterocycles. The molecule has 0 bridgehead atoms. The molecule has 0 aromatic rings. The van der Waals surface area contributed by atoms with Gasteiger partial charge in [0, 0.05) is 18.3 Å². The van der Waals surface area contributed by atoms with Crippen molar-refractivity contribution >= 4 is 29.4 Å². The molecule has 3 fully saturated rings. The van der Waals surface area contributed by atoms with E-state index in [1.807, 2.05) is 13.0 Å². The number of carbonyl (C=O) groups excluding carboxylic acids is 4. The third kappa shape index (κ3) is 4.81. The molecule has 4 rings (SSSR count). The predicted molar refractivity (Wildman–Crippen MR) is 134 cm³/mol. The number of ketones is 2. The molecule has 0 heterocycles. The van der Waals surface area contributed by atoms with Crippen LogP contribution in [0.3, 0.4) is 0 Å². The van der Waals surface area contributed by atoms with Gasteiger partial charge >= 0.3 is 11.9 Å². The van der Waals surface area contributed by atoms with Crippen molar-refractivity contribution in [2.75, 3.05) is 13.2 Å². The van der Waals surface area contributed by atoms with Crippen LogP contribution in [0.15, 0.2) is 11.6 Å². The van der Waals surface area contributed by atoms with Crippen LogP contribution in [-0.2, 0) is 28.7 Å². The first-order valence-electron chi connectivity index (χ1n) is 13.6. The van der Waals surface area contributed by atoms with Crippen LogP contribution in [0.25, 0.3) is 0 Å². The summed E-state index contributed by atoms with van der Waals surface area (Å²) < 4.78 is 5.11. The van der Waals surface area contributed by atoms with Gasteiger partial charge in [-0.25, -0.2) is 4.79 Å². The topological polar surface area (TPSA) is 167 Å². The lowest BCUT2D eigenvalue weighted by Crippen LogP contribution is -2.58. The Morgan fingerprint density at radius 2 is 1.76 bits per heavy atom. The largest absolute Gasteiger partial charge is 0.480 e. The maximum atomic E-state index is 13.3. The van der Waals surface area contributed by atoms with E-state index in [9.17, 15) is 29.1 Å². The Morgan fingerprint density at radius 3 is 2.45 bits per heavy atom. The van der Waals surface area contributed by atoms with Crippen LogP contribution in [0.1, 0.15) is 78.1 Å². The summed E-state index contributed by atoms with van der Waals surface area (Å²) in [6, 6.07) is -1.46. The van der Waals surface area contributed by atoms with E-state index in [-0.39, 0.29) is 30.0 Å². The molecule has 10 heteroatoms. The number of rotatable bonds is 9. The Labute approximate surface area is 222 Å². The average molecular weight is 534 g/mol. The van der Waals surface area contributed by atoms with Crippen LogP contribution < -0.4 is 5.32 Å². The van der Waals surface area contributed by atoms with E-state index in [0.717, 1.165) is 32.1 Å². The summed E-state index contributed by atoms with van der Waals surface area (Å²) in [5.41, 5.74) is -0.976. The molecule has 10 nitrogen and oxygen atoms in total. The van der Waals surface area contributed by atoms with E-state index >= 15 is 0 Å². The maximum absolute atomic E-state index is 13.3. The van der Waals surface area contributed by atoms with Crippen molar-refractivity contribution in [1.82, 2.24) is 5.32 Å². The lowest BCUT2D eigenvalue weighted by atomic mass is 9.46. The quantitative estimate of drug-likeness (QED) is 0.323. The molecule has 7 atom stereocenters. The van der Waals surface area contributed by atoms with Crippen LogP contribution in [0.4, 0.5) is 0 Å². The normalized spacial score (nSPS) is 36.7. The zero-order valence-corrected chi connectivity index (χ0v) is 22.2. The number of amides is 1. The van der Waals surface area contributed by atoms with E-state index in [4.69, 9.17) is 14.9 Å². The third-order valence-corrected chi connectivity index (χ3v) is 10.3. The Hall–Kier alpha value is -2.59.